The van der Waals surface area contributed by atoms with Crippen molar-refractivity contribution in [2.45, 2.75) is 53.4 Å². The van der Waals surface area contributed by atoms with Crippen LogP contribution in [0.5, 0.6) is 0 Å². The molecule has 240 valence electrons. The summed E-state index contributed by atoms with van der Waals surface area (Å²) in [4.78, 5) is 21.5. The van der Waals surface area contributed by atoms with Crippen LogP contribution >= 0.6 is 34.0 Å². The first-order valence-corrected chi connectivity index (χ1v) is 20.4. The first-order valence-electron chi connectivity index (χ1n) is 16.2. The fourth-order valence-electron chi connectivity index (χ4n) is 6.69. The Labute approximate surface area is 283 Å². The van der Waals surface area contributed by atoms with Crippen LogP contribution in [0.2, 0.25) is 0 Å². The van der Waals surface area contributed by atoms with E-state index in [9.17, 15) is 4.79 Å². The van der Waals surface area contributed by atoms with Crippen LogP contribution in [-0.4, -0.2) is 41.7 Å². The average molecular weight is 690 g/mol. The number of benzene rings is 1. The van der Waals surface area contributed by atoms with Crippen LogP contribution in [-0.2, 0) is 26.1 Å². The molecule has 0 radical (unpaired) electrons. The summed E-state index contributed by atoms with van der Waals surface area (Å²) in [6.07, 6.45) is 8.69. The molecule has 6 nitrogen and oxygen atoms in total. The first kappa shape index (κ1) is 31.8. The van der Waals surface area contributed by atoms with Crippen LogP contribution in [0.1, 0.15) is 60.1 Å². The van der Waals surface area contributed by atoms with E-state index in [4.69, 9.17) is 17.7 Å². The Morgan fingerprint density at radius 1 is 0.848 bits per heavy atom. The lowest BCUT2D eigenvalue weighted by Gasteiger charge is -2.37. The highest BCUT2D eigenvalue weighted by molar-refractivity contribution is 7.25. The van der Waals surface area contributed by atoms with Gasteiger partial charge in [-0.15, -0.1) is 34.0 Å². The molecular formula is C36H39NO5S3Si. The number of aryl methyl sites for hydroxylation is 3. The Hall–Kier alpha value is -2.83. The van der Waals surface area contributed by atoms with Gasteiger partial charge in [-0.25, -0.2) is 4.79 Å². The van der Waals surface area contributed by atoms with E-state index in [0.717, 1.165) is 62.5 Å². The molecule has 0 atom stereocenters. The van der Waals surface area contributed by atoms with Gasteiger partial charge in [0.05, 0.1) is 10.1 Å². The van der Waals surface area contributed by atoms with Crippen molar-refractivity contribution in [3.8, 4) is 20.2 Å². The van der Waals surface area contributed by atoms with E-state index < -0.39 is 8.80 Å². The van der Waals surface area contributed by atoms with Crippen LogP contribution in [0.25, 0.3) is 43.3 Å². The highest BCUT2D eigenvalue weighted by Crippen LogP contribution is 2.42. The van der Waals surface area contributed by atoms with Gasteiger partial charge in [0.25, 0.3) is 0 Å². The quantitative estimate of drug-likeness (QED) is 0.102. The molecule has 0 N–H and O–H groups in total. The number of nitrogens with zero attached hydrogens (tertiary/aromatic N) is 1. The fourth-order valence-corrected chi connectivity index (χ4v) is 13.0. The molecule has 0 bridgehead atoms. The van der Waals surface area contributed by atoms with Crippen molar-refractivity contribution in [2.24, 2.45) is 0 Å². The highest BCUT2D eigenvalue weighted by atomic mass is 32.1. The standard InChI is InChI=1S/C36H39NO5S3Si/c1-5-39-46(40-6-2,41-7-3)33-17-13-26(43-33)12-14-29-23(4)20-32(44-29)31-16-15-30(45-31)28-22-25-21-24-10-8-18-37-19-9-11-27(34(24)37)35(25)42-36(28)38/h12-17,20-22H,5-11,18-19H2,1-4H3/b14-12+. The van der Waals surface area contributed by atoms with E-state index in [1.807, 2.05) is 20.8 Å². The summed E-state index contributed by atoms with van der Waals surface area (Å²) in [5.41, 5.74) is 6.34. The van der Waals surface area contributed by atoms with Gasteiger partial charge in [-0.1, -0.05) is 0 Å². The smallest absolute Gasteiger partial charge is 0.422 e. The molecule has 46 heavy (non-hydrogen) atoms. The molecule has 7 rings (SSSR count). The molecular weight excluding hydrogens is 651 g/mol. The number of hydrogen-bond donors (Lipinski definition) is 0. The van der Waals surface area contributed by atoms with Gasteiger partial charge in [-0.3, -0.25) is 0 Å². The molecule has 6 heterocycles. The Morgan fingerprint density at radius 3 is 2.35 bits per heavy atom. The van der Waals surface area contributed by atoms with E-state index >= 15 is 0 Å². The SMILES string of the molecule is CCO[Si](OCC)(OCC)c1ccc(/C=C/c2sc(-c3ccc(-c4cc5cc6c7c(c5oc4=O)CCCN7CCC6)s3)cc2C)s1. The van der Waals surface area contributed by atoms with Crippen molar-refractivity contribution in [1.82, 2.24) is 0 Å². The average Bonchev–Trinajstić information content (AvgIpc) is 3.81. The predicted octanol–water partition coefficient (Wildman–Crippen LogP) is 8.74. The molecule has 5 aromatic rings. The predicted molar refractivity (Wildman–Crippen MR) is 196 cm³/mol. The van der Waals surface area contributed by atoms with Crippen molar-refractivity contribution in [1.29, 1.82) is 0 Å². The van der Waals surface area contributed by atoms with Gasteiger partial charge in [-0.2, -0.15) is 0 Å². The number of rotatable bonds is 11. The van der Waals surface area contributed by atoms with E-state index in [0.29, 0.717) is 25.4 Å². The normalized spacial score (nSPS) is 14.9. The van der Waals surface area contributed by atoms with Gasteiger partial charge >= 0.3 is 14.4 Å². The van der Waals surface area contributed by atoms with E-state index in [-0.39, 0.29) is 5.63 Å². The molecule has 0 spiro atoms. The van der Waals surface area contributed by atoms with Gasteiger partial charge in [0.2, 0.25) is 0 Å². The minimum absolute atomic E-state index is 0.253. The van der Waals surface area contributed by atoms with E-state index in [1.165, 1.54) is 38.6 Å². The summed E-state index contributed by atoms with van der Waals surface area (Å²) in [5.74, 6) is 0. The van der Waals surface area contributed by atoms with Crippen molar-refractivity contribution in [2.75, 3.05) is 37.8 Å². The lowest BCUT2D eigenvalue weighted by atomic mass is 9.90. The Balaban J connectivity index is 1.14. The Bertz CT molecular complexity index is 1950. The third-order valence-corrected chi connectivity index (χ3v) is 15.8. The maximum atomic E-state index is 13.4. The largest absolute Gasteiger partial charge is 0.547 e. The molecule has 1 aromatic carbocycles. The molecule has 0 fully saturated rings. The zero-order chi connectivity index (χ0) is 31.8. The molecule has 0 saturated carbocycles. The summed E-state index contributed by atoms with van der Waals surface area (Å²) in [7, 11) is -2.91. The highest BCUT2D eigenvalue weighted by Gasteiger charge is 2.44. The van der Waals surface area contributed by atoms with Crippen LogP contribution < -0.4 is 15.0 Å². The van der Waals surface area contributed by atoms with Gasteiger partial charge < -0.3 is 22.6 Å². The van der Waals surface area contributed by atoms with Crippen molar-refractivity contribution in [3.05, 3.63) is 79.3 Å². The lowest BCUT2D eigenvalue weighted by molar-refractivity contribution is 0.0866. The molecule has 4 aromatic heterocycles. The monoisotopic (exact) mass is 689 g/mol. The van der Waals surface area contributed by atoms with Gasteiger partial charge in [-0.05, 0) is 119 Å². The van der Waals surface area contributed by atoms with E-state index in [1.54, 1.807) is 34.0 Å². The van der Waals surface area contributed by atoms with Crippen LogP contribution in [0.4, 0.5) is 5.69 Å². The minimum Gasteiger partial charge on any atom is -0.422 e. The van der Waals surface area contributed by atoms with Crippen LogP contribution in [0.3, 0.4) is 0 Å². The third-order valence-electron chi connectivity index (χ3n) is 8.62. The molecule has 2 aliphatic rings. The van der Waals surface area contributed by atoms with Crippen molar-refractivity contribution >= 4 is 76.1 Å². The summed E-state index contributed by atoms with van der Waals surface area (Å²) in [6, 6.07) is 14.9. The number of thiophene rings is 3. The summed E-state index contributed by atoms with van der Waals surface area (Å²) in [5, 5.41) is 1.04. The summed E-state index contributed by atoms with van der Waals surface area (Å²) in [6.45, 7) is 11.9. The molecule has 0 saturated heterocycles. The van der Waals surface area contributed by atoms with Crippen LogP contribution in [0.15, 0.2) is 51.7 Å². The van der Waals surface area contributed by atoms with Gasteiger partial charge in [0.1, 0.15) is 5.58 Å². The second-order valence-electron chi connectivity index (χ2n) is 11.6. The zero-order valence-electron chi connectivity index (χ0n) is 26.8. The molecule has 0 unspecified atom stereocenters. The maximum absolute atomic E-state index is 13.4. The maximum Gasteiger partial charge on any atom is 0.547 e. The van der Waals surface area contributed by atoms with Crippen molar-refractivity contribution < 1.29 is 17.7 Å². The third kappa shape index (κ3) is 5.89. The molecule has 10 heteroatoms. The number of fused-ring (bicyclic) bond motifs is 2. The lowest BCUT2D eigenvalue weighted by Crippen LogP contribution is -2.55. The van der Waals surface area contributed by atoms with Gasteiger partial charge in [0, 0.05) is 73.9 Å². The number of hydrogen-bond acceptors (Lipinski definition) is 9. The van der Waals surface area contributed by atoms with Crippen LogP contribution in [0, 0.1) is 6.92 Å². The Morgan fingerprint density at radius 2 is 1.59 bits per heavy atom. The Kier molecular flexibility index (Phi) is 9.21. The zero-order valence-corrected chi connectivity index (χ0v) is 30.2. The van der Waals surface area contributed by atoms with Gasteiger partial charge in [0.15, 0.2) is 0 Å². The molecule has 2 aliphatic heterocycles. The van der Waals surface area contributed by atoms with Crippen molar-refractivity contribution in [3.63, 3.8) is 0 Å². The number of anilines is 1. The second kappa shape index (κ2) is 13.3. The summed E-state index contributed by atoms with van der Waals surface area (Å²) >= 11 is 5.09. The second-order valence-corrected chi connectivity index (χ2v) is 17.8. The molecule has 0 amide bonds. The first-order chi connectivity index (χ1) is 22.4. The fraction of sp³-hybridized carbons (Fsp3) is 0.361. The molecule has 0 aliphatic carbocycles. The minimum atomic E-state index is -2.91. The topological polar surface area (TPSA) is 61.1 Å². The van der Waals surface area contributed by atoms with E-state index in [2.05, 4.69) is 66.4 Å². The summed E-state index contributed by atoms with van der Waals surface area (Å²) < 4.78 is 25.4.